The summed E-state index contributed by atoms with van der Waals surface area (Å²) in [4.78, 5) is 14.7. The number of amides is 1. The largest absolute Gasteiger partial charge is 0.445 e. The second-order valence-corrected chi connectivity index (χ2v) is 6.11. The van der Waals surface area contributed by atoms with Crippen LogP contribution in [0.25, 0.3) is 10.9 Å². The number of hydrogen-bond donors (Lipinski definition) is 4. The summed E-state index contributed by atoms with van der Waals surface area (Å²) in [6, 6.07) is 16.8. The third-order valence-corrected chi connectivity index (χ3v) is 4.21. The van der Waals surface area contributed by atoms with Gasteiger partial charge in [0.05, 0.1) is 6.10 Å². The third-order valence-electron chi connectivity index (χ3n) is 4.21. The van der Waals surface area contributed by atoms with Gasteiger partial charge in [0.2, 0.25) is 0 Å². The summed E-state index contributed by atoms with van der Waals surface area (Å²) in [5.41, 5.74) is 2.42. The number of aliphatic hydroxyl groups excluding tert-OH is 2. The van der Waals surface area contributed by atoms with Crippen LogP contribution in [0.1, 0.15) is 23.7 Å². The number of carbonyl (C=O) groups is 1. The molecule has 6 nitrogen and oxygen atoms in total. The van der Waals surface area contributed by atoms with Gasteiger partial charge in [-0.1, -0.05) is 42.5 Å². The summed E-state index contributed by atoms with van der Waals surface area (Å²) in [7, 11) is 0. The molecule has 2 aromatic carbocycles. The second kappa shape index (κ2) is 8.51. The third kappa shape index (κ3) is 4.62. The Labute approximate surface area is 151 Å². The van der Waals surface area contributed by atoms with Crippen molar-refractivity contribution >= 4 is 17.0 Å². The maximum atomic E-state index is 11.7. The van der Waals surface area contributed by atoms with E-state index in [1.807, 2.05) is 54.7 Å². The maximum Gasteiger partial charge on any atom is 0.407 e. The molecule has 0 saturated heterocycles. The van der Waals surface area contributed by atoms with Gasteiger partial charge in [0.1, 0.15) is 12.7 Å². The first-order valence-electron chi connectivity index (χ1n) is 8.51. The van der Waals surface area contributed by atoms with Crippen molar-refractivity contribution in [2.75, 3.05) is 6.54 Å². The van der Waals surface area contributed by atoms with Crippen molar-refractivity contribution in [1.82, 2.24) is 10.3 Å². The predicted molar refractivity (Wildman–Crippen MR) is 98.5 cm³/mol. The molecule has 3 rings (SSSR count). The van der Waals surface area contributed by atoms with E-state index in [9.17, 15) is 15.0 Å². The average molecular weight is 354 g/mol. The SMILES string of the molecule is O=C(NCCC(O)C(O)c1ccc2cc[nH]c2c1)OCc1ccccc1. The molecule has 1 amide bonds. The van der Waals surface area contributed by atoms with Crippen LogP contribution in [0.4, 0.5) is 4.79 Å². The van der Waals surface area contributed by atoms with Crippen molar-refractivity contribution in [3.8, 4) is 0 Å². The molecule has 26 heavy (non-hydrogen) atoms. The molecule has 0 aliphatic heterocycles. The zero-order chi connectivity index (χ0) is 18.4. The molecule has 0 fully saturated rings. The molecule has 1 aromatic heterocycles. The fourth-order valence-corrected chi connectivity index (χ4v) is 2.73. The predicted octanol–water partition coefficient (Wildman–Crippen LogP) is 2.88. The summed E-state index contributed by atoms with van der Waals surface area (Å²) in [6.45, 7) is 0.393. The van der Waals surface area contributed by atoms with Crippen LogP contribution >= 0.6 is 0 Å². The molecule has 2 atom stereocenters. The van der Waals surface area contributed by atoms with Gasteiger partial charge in [-0.25, -0.2) is 4.79 Å². The molecule has 136 valence electrons. The van der Waals surface area contributed by atoms with Crippen molar-refractivity contribution < 1.29 is 19.7 Å². The van der Waals surface area contributed by atoms with Gasteiger partial charge in [-0.2, -0.15) is 0 Å². The Balaban J connectivity index is 1.42. The van der Waals surface area contributed by atoms with Crippen molar-refractivity contribution in [2.24, 2.45) is 0 Å². The fourth-order valence-electron chi connectivity index (χ4n) is 2.73. The lowest BCUT2D eigenvalue weighted by molar-refractivity contribution is 0.0137. The highest BCUT2D eigenvalue weighted by molar-refractivity contribution is 5.79. The zero-order valence-corrected chi connectivity index (χ0v) is 14.3. The normalized spacial score (nSPS) is 13.3. The molecule has 0 radical (unpaired) electrons. The number of alkyl carbamates (subject to hydrolysis) is 1. The van der Waals surface area contributed by atoms with Crippen LogP contribution in [0.3, 0.4) is 0 Å². The molecule has 0 spiro atoms. The van der Waals surface area contributed by atoms with E-state index >= 15 is 0 Å². The highest BCUT2D eigenvalue weighted by atomic mass is 16.5. The summed E-state index contributed by atoms with van der Waals surface area (Å²) in [5, 5.41) is 24.1. The number of aliphatic hydroxyl groups is 2. The highest BCUT2D eigenvalue weighted by Crippen LogP contribution is 2.22. The van der Waals surface area contributed by atoms with Crippen LogP contribution in [0.15, 0.2) is 60.8 Å². The zero-order valence-electron chi connectivity index (χ0n) is 14.3. The first-order chi connectivity index (χ1) is 12.6. The van der Waals surface area contributed by atoms with E-state index in [0.29, 0.717) is 5.56 Å². The molecule has 4 N–H and O–H groups in total. The topological polar surface area (TPSA) is 94.6 Å². The van der Waals surface area contributed by atoms with Crippen molar-refractivity contribution in [3.05, 3.63) is 71.9 Å². The second-order valence-electron chi connectivity index (χ2n) is 6.11. The van der Waals surface area contributed by atoms with Crippen LogP contribution in [0, 0.1) is 0 Å². The first-order valence-corrected chi connectivity index (χ1v) is 8.51. The van der Waals surface area contributed by atoms with Gasteiger partial charge in [0, 0.05) is 18.3 Å². The fraction of sp³-hybridized carbons (Fsp3) is 0.250. The number of H-pyrrole nitrogens is 1. The van der Waals surface area contributed by atoms with Gasteiger partial charge in [-0.15, -0.1) is 0 Å². The maximum absolute atomic E-state index is 11.7. The molecule has 0 aliphatic carbocycles. The lowest BCUT2D eigenvalue weighted by Gasteiger charge is -2.18. The molecular formula is C20H22N2O4. The van der Waals surface area contributed by atoms with E-state index in [2.05, 4.69) is 10.3 Å². The van der Waals surface area contributed by atoms with Crippen molar-refractivity contribution in [3.63, 3.8) is 0 Å². The van der Waals surface area contributed by atoms with Gasteiger partial charge < -0.3 is 25.3 Å². The minimum Gasteiger partial charge on any atom is -0.445 e. The van der Waals surface area contributed by atoms with Crippen LogP contribution in [0.2, 0.25) is 0 Å². The number of carbonyl (C=O) groups excluding carboxylic acids is 1. The minimum absolute atomic E-state index is 0.189. The number of aromatic amines is 1. The van der Waals surface area contributed by atoms with Crippen molar-refractivity contribution in [1.29, 1.82) is 0 Å². The quantitative estimate of drug-likeness (QED) is 0.525. The molecular weight excluding hydrogens is 332 g/mol. The van der Waals surface area contributed by atoms with Crippen LogP contribution in [-0.4, -0.2) is 33.9 Å². The number of nitrogens with one attached hydrogen (secondary N) is 2. The molecule has 0 bridgehead atoms. The van der Waals surface area contributed by atoms with Gasteiger partial charge in [-0.3, -0.25) is 0 Å². The van der Waals surface area contributed by atoms with Crippen LogP contribution < -0.4 is 5.32 Å². The summed E-state index contributed by atoms with van der Waals surface area (Å²) >= 11 is 0. The lowest BCUT2D eigenvalue weighted by atomic mass is 10.0. The Bertz CT molecular complexity index is 847. The Kier molecular flexibility index (Phi) is 5.88. The number of fused-ring (bicyclic) bond motifs is 1. The standard InChI is InChI=1S/C20H22N2O4/c23-18(19(24)16-7-6-15-8-10-21-17(15)12-16)9-11-22-20(25)26-13-14-4-2-1-3-5-14/h1-8,10,12,18-19,21,23-24H,9,11,13H2,(H,22,25). The lowest BCUT2D eigenvalue weighted by Crippen LogP contribution is -2.29. The molecule has 3 aromatic rings. The van der Waals surface area contributed by atoms with E-state index < -0.39 is 18.3 Å². The van der Waals surface area contributed by atoms with E-state index in [-0.39, 0.29) is 19.6 Å². The average Bonchev–Trinajstić information content (AvgIpc) is 3.14. The monoisotopic (exact) mass is 354 g/mol. The van der Waals surface area contributed by atoms with E-state index in [0.717, 1.165) is 16.5 Å². The van der Waals surface area contributed by atoms with E-state index in [4.69, 9.17) is 4.74 Å². The van der Waals surface area contributed by atoms with E-state index in [1.54, 1.807) is 6.07 Å². The van der Waals surface area contributed by atoms with Crippen molar-refractivity contribution in [2.45, 2.75) is 25.2 Å². The van der Waals surface area contributed by atoms with Gasteiger partial charge in [-0.05, 0) is 35.1 Å². The highest BCUT2D eigenvalue weighted by Gasteiger charge is 2.19. The minimum atomic E-state index is -1.02. The van der Waals surface area contributed by atoms with Crippen LogP contribution in [-0.2, 0) is 11.3 Å². The number of rotatable bonds is 7. The van der Waals surface area contributed by atoms with Crippen LogP contribution in [0.5, 0.6) is 0 Å². The Morgan fingerprint density at radius 1 is 1.12 bits per heavy atom. The first kappa shape index (κ1) is 18.0. The van der Waals surface area contributed by atoms with E-state index in [1.165, 1.54) is 0 Å². The Hall–Kier alpha value is -2.83. The molecule has 2 unspecified atom stereocenters. The molecule has 0 saturated carbocycles. The van der Waals surface area contributed by atoms with Gasteiger partial charge >= 0.3 is 6.09 Å². The molecule has 0 aliphatic rings. The molecule has 1 heterocycles. The summed E-state index contributed by atoms with van der Waals surface area (Å²) < 4.78 is 5.10. The molecule has 6 heteroatoms. The smallest absolute Gasteiger partial charge is 0.407 e. The Morgan fingerprint density at radius 2 is 1.92 bits per heavy atom. The van der Waals surface area contributed by atoms with Gasteiger partial charge in [0.25, 0.3) is 0 Å². The summed E-state index contributed by atoms with van der Waals surface area (Å²) in [6.07, 6.45) is -0.530. The summed E-state index contributed by atoms with van der Waals surface area (Å²) in [5.74, 6) is 0. The Morgan fingerprint density at radius 3 is 2.73 bits per heavy atom. The number of aromatic nitrogens is 1. The number of benzene rings is 2. The van der Waals surface area contributed by atoms with Gasteiger partial charge in [0.15, 0.2) is 0 Å². The number of ether oxygens (including phenoxy) is 1. The number of hydrogen-bond acceptors (Lipinski definition) is 4.